The van der Waals surface area contributed by atoms with Crippen molar-refractivity contribution in [1.29, 1.82) is 0 Å². The van der Waals surface area contributed by atoms with E-state index in [1.807, 2.05) is 17.5 Å². The first-order chi connectivity index (χ1) is 8.58. The number of thiophene rings is 2. The summed E-state index contributed by atoms with van der Waals surface area (Å²) in [4.78, 5) is 22.0. The first kappa shape index (κ1) is 12.5. The zero-order chi connectivity index (χ0) is 13.1. The monoisotopic (exact) mass is 280 g/mol. The van der Waals surface area contributed by atoms with Crippen LogP contribution in [0.25, 0.3) is 12.2 Å². The van der Waals surface area contributed by atoms with Gasteiger partial charge in [-0.05, 0) is 23.6 Å². The predicted molar refractivity (Wildman–Crippen MR) is 68.6 cm³/mol. The van der Waals surface area contributed by atoms with Gasteiger partial charge in [-0.2, -0.15) is 0 Å². The second-order valence-corrected chi connectivity index (χ2v) is 5.32. The van der Waals surface area contributed by atoms with E-state index in [4.69, 9.17) is 0 Å². The SMILES string of the molecule is O=C([O-])c1cc([N+](=O)[O-])c(/C=C/c2cccs2)s1. The lowest BCUT2D eigenvalue weighted by Crippen LogP contribution is -2.20. The Morgan fingerprint density at radius 2 is 2.17 bits per heavy atom. The number of carbonyl (C=O) groups excluding carboxylic acids is 1. The van der Waals surface area contributed by atoms with Crippen molar-refractivity contribution in [2.24, 2.45) is 0 Å². The third-order valence-corrected chi connectivity index (χ3v) is 3.99. The molecule has 5 nitrogen and oxygen atoms in total. The second kappa shape index (κ2) is 5.11. The number of nitrogens with zero attached hydrogens (tertiary/aromatic N) is 1. The minimum atomic E-state index is -1.40. The van der Waals surface area contributed by atoms with E-state index in [0.717, 1.165) is 22.3 Å². The minimum absolute atomic E-state index is 0.146. The molecule has 2 aromatic rings. The Bertz CT molecular complexity index is 613. The molecule has 0 bridgehead atoms. The van der Waals surface area contributed by atoms with Crippen molar-refractivity contribution in [1.82, 2.24) is 0 Å². The maximum Gasteiger partial charge on any atom is 0.287 e. The van der Waals surface area contributed by atoms with Crippen LogP contribution in [0.1, 0.15) is 19.4 Å². The fraction of sp³-hybridized carbons (Fsp3) is 0. The van der Waals surface area contributed by atoms with Crippen LogP contribution in [-0.2, 0) is 0 Å². The molecule has 0 saturated heterocycles. The summed E-state index contributed by atoms with van der Waals surface area (Å²) in [6.45, 7) is 0. The first-order valence-electron chi connectivity index (χ1n) is 4.79. The van der Waals surface area contributed by atoms with Gasteiger partial charge in [0.25, 0.3) is 5.69 Å². The van der Waals surface area contributed by atoms with E-state index >= 15 is 0 Å². The fourth-order valence-electron chi connectivity index (χ4n) is 1.30. The van der Waals surface area contributed by atoms with Gasteiger partial charge >= 0.3 is 0 Å². The van der Waals surface area contributed by atoms with Gasteiger partial charge in [0, 0.05) is 10.9 Å². The molecular weight excluding hydrogens is 274 g/mol. The number of carbonyl (C=O) groups is 1. The van der Waals surface area contributed by atoms with E-state index in [9.17, 15) is 20.0 Å². The Balaban J connectivity index is 2.37. The highest BCUT2D eigenvalue weighted by atomic mass is 32.1. The van der Waals surface area contributed by atoms with Gasteiger partial charge in [-0.3, -0.25) is 10.1 Å². The average molecular weight is 280 g/mol. The van der Waals surface area contributed by atoms with Gasteiger partial charge in [0.05, 0.1) is 15.8 Å². The van der Waals surface area contributed by atoms with Crippen molar-refractivity contribution in [3.63, 3.8) is 0 Å². The van der Waals surface area contributed by atoms with Crippen molar-refractivity contribution in [2.45, 2.75) is 0 Å². The van der Waals surface area contributed by atoms with Gasteiger partial charge in [-0.1, -0.05) is 6.07 Å². The van der Waals surface area contributed by atoms with E-state index < -0.39 is 10.9 Å². The largest absolute Gasteiger partial charge is 0.544 e. The van der Waals surface area contributed by atoms with Gasteiger partial charge in [0.2, 0.25) is 0 Å². The molecule has 0 aliphatic rings. The highest BCUT2D eigenvalue weighted by Gasteiger charge is 2.17. The lowest BCUT2D eigenvalue weighted by atomic mass is 10.3. The standard InChI is InChI=1S/C11H7NO4S2/c13-11(14)10-6-8(12(15)16)9(18-10)4-3-7-2-1-5-17-7/h1-6H,(H,13,14)/p-1/b4-3+. The Morgan fingerprint density at radius 3 is 2.72 bits per heavy atom. The number of aromatic carboxylic acids is 1. The number of carboxylic acids is 1. The summed E-state index contributed by atoms with van der Waals surface area (Å²) in [6, 6.07) is 4.74. The summed E-state index contributed by atoms with van der Waals surface area (Å²) in [5.74, 6) is -1.40. The third kappa shape index (κ3) is 2.63. The highest BCUT2D eigenvalue weighted by Crippen LogP contribution is 2.30. The van der Waals surface area contributed by atoms with E-state index in [2.05, 4.69) is 0 Å². The Kier molecular flexibility index (Phi) is 3.54. The summed E-state index contributed by atoms with van der Waals surface area (Å²) < 4.78 is 0. The molecule has 7 heteroatoms. The zero-order valence-corrected chi connectivity index (χ0v) is 10.5. The van der Waals surface area contributed by atoms with Crippen molar-refractivity contribution >= 4 is 46.5 Å². The van der Waals surface area contributed by atoms with E-state index in [1.54, 1.807) is 12.2 Å². The number of hydrogen-bond acceptors (Lipinski definition) is 6. The molecule has 92 valence electrons. The van der Waals surface area contributed by atoms with Crippen LogP contribution in [0.15, 0.2) is 23.6 Å². The maximum atomic E-state index is 10.8. The van der Waals surface area contributed by atoms with Crippen LogP contribution in [0.3, 0.4) is 0 Å². The molecule has 0 aliphatic heterocycles. The summed E-state index contributed by atoms with van der Waals surface area (Å²) in [5, 5.41) is 23.3. The fourth-order valence-corrected chi connectivity index (χ4v) is 2.79. The predicted octanol–water partition coefficient (Wildman–Crippen LogP) is 2.25. The van der Waals surface area contributed by atoms with Gasteiger partial charge in [0.15, 0.2) is 0 Å². The Hall–Kier alpha value is -1.99. The normalized spacial score (nSPS) is 10.9. The van der Waals surface area contributed by atoms with Crippen LogP contribution in [0, 0.1) is 10.1 Å². The molecule has 0 aliphatic carbocycles. The van der Waals surface area contributed by atoms with Crippen LogP contribution >= 0.6 is 22.7 Å². The van der Waals surface area contributed by atoms with Crippen LogP contribution in [0.4, 0.5) is 5.69 Å². The van der Waals surface area contributed by atoms with Crippen LogP contribution < -0.4 is 5.11 Å². The Morgan fingerprint density at radius 1 is 1.39 bits per heavy atom. The summed E-state index contributed by atoms with van der Waals surface area (Å²) in [5.41, 5.74) is -0.216. The number of nitro groups is 1. The van der Waals surface area contributed by atoms with E-state index in [-0.39, 0.29) is 10.6 Å². The topological polar surface area (TPSA) is 83.3 Å². The molecule has 0 atom stereocenters. The second-order valence-electron chi connectivity index (χ2n) is 3.25. The lowest BCUT2D eigenvalue weighted by Gasteiger charge is -1.91. The van der Waals surface area contributed by atoms with Crippen molar-refractivity contribution in [3.8, 4) is 0 Å². The quantitative estimate of drug-likeness (QED) is 0.635. The molecule has 0 fully saturated rings. The van der Waals surface area contributed by atoms with E-state index in [0.29, 0.717) is 4.88 Å². The molecule has 2 aromatic heterocycles. The molecule has 0 saturated carbocycles. The Labute approximate surface area is 110 Å². The summed E-state index contributed by atoms with van der Waals surface area (Å²) in [6.07, 6.45) is 3.25. The average Bonchev–Trinajstić information content (AvgIpc) is 2.95. The molecular formula is C11H6NO4S2-. The maximum absolute atomic E-state index is 10.8. The lowest BCUT2D eigenvalue weighted by molar-refractivity contribution is -0.384. The van der Waals surface area contributed by atoms with Crippen molar-refractivity contribution in [2.75, 3.05) is 0 Å². The van der Waals surface area contributed by atoms with Crippen LogP contribution in [-0.4, -0.2) is 10.9 Å². The molecule has 0 N–H and O–H groups in total. The molecule has 0 aromatic carbocycles. The minimum Gasteiger partial charge on any atom is -0.544 e. The smallest absolute Gasteiger partial charge is 0.287 e. The van der Waals surface area contributed by atoms with Crippen molar-refractivity contribution < 1.29 is 14.8 Å². The number of hydrogen-bond donors (Lipinski definition) is 0. The molecule has 2 rings (SSSR count). The first-order valence-corrected chi connectivity index (χ1v) is 6.48. The van der Waals surface area contributed by atoms with Crippen LogP contribution in [0.2, 0.25) is 0 Å². The summed E-state index contributed by atoms with van der Waals surface area (Å²) >= 11 is 2.32. The van der Waals surface area contributed by atoms with Gasteiger partial charge in [-0.15, -0.1) is 22.7 Å². The molecule has 0 amide bonds. The van der Waals surface area contributed by atoms with E-state index in [1.165, 1.54) is 11.3 Å². The molecule has 2 heterocycles. The van der Waals surface area contributed by atoms with Crippen molar-refractivity contribution in [3.05, 3.63) is 48.3 Å². The van der Waals surface area contributed by atoms with Gasteiger partial charge in [-0.25, -0.2) is 0 Å². The molecule has 0 unspecified atom stereocenters. The number of carboxylic acid groups (broad SMARTS) is 1. The number of rotatable bonds is 4. The molecule has 0 spiro atoms. The van der Waals surface area contributed by atoms with Gasteiger partial charge in [0.1, 0.15) is 4.88 Å². The zero-order valence-electron chi connectivity index (χ0n) is 8.86. The molecule has 0 radical (unpaired) electrons. The third-order valence-electron chi connectivity index (χ3n) is 2.08. The highest BCUT2D eigenvalue weighted by molar-refractivity contribution is 7.15. The molecule has 18 heavy (non-hydrogen) atoms. The van der Waals surface area contributed by atoms with Crippen LogP contribution in [0.5, 0.6) is 0 Å². The van der Waals surface area contributed by atoms with Gasteiger partial charge < -0.3 is 9.90 Å². The summed E-state index contributed by atoms with van der Waals surface area (Å²) in [7, 11) is 0.